The fourth-order valence-electron chi connectivity index (χ4n) is 7.81. The molecule has 0 aliphatic rings. The molecule has 0 fully saturated rings. The minimum Gasteiger partial charge on any atom is -0.310 e. The van der Waals surface area contributed by atoms with Crippen LogP contribution in [0.5, 0.6) is 0 Å². The van der Waals surface area contributed by atoms with Crippen LogP contribution in [0.1, 0.15) is 0 Å². The number of aromatic nitrogens is 1. The summed E-state index contributed by atoms with van der Waals surface area (Å²) >= 11 is 0. The molecule has 0 aliphatic carbocycles. The van der Waals surface area contributed by atoms with Gasteiger partial charge >= 0.3 is 0 Å². The van der Waals surface area contributed by atoms with Crippen molar-refractivity contribution in [2.24, 2.45) is 0 Å². The quantitative estimate of drug-likeness (QED) is 0.172. The lowest BCUT2D eigenvalue weighted by atomic mass is 9.98. The van der Waals surface area contributed by atoms with E-state index in [1.807, 2.05) is 0 Å². The summed E-state index contributed by atoms with van der Waals surface area (Å²) in [7, 11) is 0. The van der Waals surface area contributed by atoms with Crippen molar-refractivity contribution in [1.82, 2.24) is 4.57 Å². The van der Waals surface area contributed by atoms with Gasteiger partial charge in [-0.3, -0.25) is 0 Å². The van der Waals surface area contributed by atoms with E-state index in [2.05, 4.69) is 216 Å². The monoisotopic (exact) mass is 662 g/mol. The second kappa shape index (κ2) is 12.5. The molecule has 10 aromatic rings. The van der Waals surface area contributed by atoms with Crippen LogP contribution in [0.4, 0.5) is 17.1 Å². The lowest BCUT2D eigenvalue weighted by Crippen LogP contribution is -2.11. The van der Waals surface area contributed by atoms with Crippen molar-refractivity contribution in [3.05, 3.63) is 206 Å². The fraction of sp³-hybridized carbons (Fsp3) is 0. The topological polar surface area (TPSA) is 8.17 Å². The largest absolute Gasteiger partial charge is 0.310 e. The van der Waals surface area contributed by atoms with Crippen LogP contribution < -0.4 is 4.90 Å². The summed E-state index contributed by atoms with van der Waals surface area (Å²) in [5.74, 6) is 0. The van der Waals surface area contributed by atoms with E-state index in [1.54, 1.807) is 0 Å². The lowest BCUT2D eigenvalue weighted by Gasteiger charge is -2.28. The Bertz CT molecular complexity index is 2880. The number of fused-ring (bicyclic) bond motifs is 5. The maximum atomic E-state index is 2.41. The summed E-state index contributed by atoms with van der Waals surface area (Å²) in [6.45, 7) is 0. The molecule has 0 radical (unpaired) electrons. The lowest BCUT2D eigenvalue weighted by molar-refractivity contribution is 1.17. The smallest absolute Gasteiger partial charge is 0.0547 e. The Kier molecular flexibility index (Phi) is 7.18. The molecule has 1 heterocycles. The van der Waals surface area contributed by atoms with Gasteiger partial charge in [-0.1, -0.05) is 140 Å². The van der Waals surface area contributed by atoms with E-state index in [1.165, 1.54) is 65.6 Å². The first-order chi connectivity index (χ1) is 25.8. The van der Waals surface area contributed by atoms with Gasteiger partial charge in [-0.05, 0) is 105 Å². The van der Waals surface area contributed by atoms with E-state index in [9.17, 15) is 0 Å². The Morgan fingerprint density at radius 1 is 0.327 bits per heavy atom. The van der Waals surface area contributed by atoms with Gasteiger partial charge in [0.15, 0.2) is 0 Å². The molecule has 0 bridgehead atoms. The second-order valence-corrected chi connectivity index (χ2v) is 13.4. The van der Waals surface area contributed by atoms with Gasteiger partial charge < -0.3 is 9.47 Å². The SMILES string of the molecule is c1ccc(-c2ccc(N(c3ccc(-n4c5ccccc5c5cc6ccccc6cc54)cc3)c3ccccc3-c3ccc4ccccc4c3)cc2)cc1. The zero-order valence-corrected chi connectivity index (χ0v) is 28.5. The van der Waals surface area contributed by atoms with Crippen LogP contribution in [-0.4, -0.2) is 4.57 Å². The Labute approximate surface area is 303 Å². The molecule has 0 saturated heterocycles. The van der Waals surface area contributed by atoms with Crippen molar-refractivity contribution in [3.8, 4) is 27.9 Å². The van der Waals surface area contributed by atoms with Crippen molar-refractivity contribution < 1.29 is 0 Å². The van der Waals surface area contributed by atoms with E-state index in [-0.39, 0.29) is 0 Å². The molecule has 0 N–H and O–H groups in total. The first-order valence-electron chi connectivity index (χ1n) is 17.8. The molecule has 244 valence electrons. The Hall–Kier alpha value is -6.90. The number of hydrogen-bond donors (Lipinski definition) is 0. The summed E-state index contributed by atoms with van der Waals surface area (Å²) in [5.41, 5.74) is 11.6. The molecule has 0 atom stereocenters. The van der Waals surface area contributed by atoms with Gasteiger partial charge in [-0.2, -0.15) is 0 Å². The van der Waals surface area contributed by atoms with E-state index >= 15 is 0 Å². The first kappa shape index (κ1) is 30.0. The summed E-state index contributed by atoms with van der Waals surface area (Å²) in [6, 6.07) is 74.7. The maximum absolute atomic E-state index is 2.41. The van der Waals surface area contributed by atoms with E-state index in [0.717, 1.165) is 22.7 Å². The van der Waals surface area contributed by atoms with Gasteiger partial charge in [0, 0.05) is 33.4 Å². The van der Waals surface area contributed by atoms with Crippen molar-refractivity contribution in [1.29, 1.82) is 0 Å². The molecule has 0 spiro atoms. The van der Waals surface area contributed by atoms with E-state index in [4.69, 9.17) is 0 Å². The summed E-state index contributed by atoms with van der Waals surface area (Å²) in [5, 5.41) is 7.50. The third-order valence-corrected chi connectivity index (χ3v) is 10.3. The van der Waals surface area contributed by atoms with Crippen LogP contribution in [0.25, 0.3) is 71.3 Å². The molecule has 0 unspecified atom stereocenters. The number of benzene rings is 9. The van der Waals surface area contributed by atoms with Crippen LogP contribution in [0.2, 0.25) is 0 Å². The van der Waals surface area contributed by atoms with Gasteiger partial charge in [-0.15, -0.1) is 0 Å². The third-order valence-electron chi connectivity index (χ3n) is 10.3. The highest BCUT2D eigenvalue weighted by atomic mass is 15.1. The molecule has 0 saturated carbocycles. The molecule has 1 aromatic heterocycles. The number of hydrogen-bond acceptors (Lipinski definition) is 1. The average molecular weight is 663 g/mol. The summed E-state index contributed by atoms with van der Waals surface area (Å²) < 4.78 is 2.41. The first-order valence-corrected chi connectivity index (χ1v) is 17.8. The van der Waals surface area contributed by atoms with Gasteiger partial charge in [0.2, 0.25) is 0 Å². The minimum atomic E-state index is 1.09. The molecule has 2 heteroatoms. The Morgan fingerprint density at radius 3 is 1.65 bits per heavy atom. The predicted molar refractivity (Wildman–Crippen MR) is 221 cm³/mol. The minimum absolute atomic E-state index is 1.09. The third kappa shape index (κ3) is 5.12. The highest BCUT2D eigenvalue weighted by Crippen LogP contribution is 2.43. The molecule has 9 aromatic carbocycles. The molecular formula is C50H34N2. The van der Waals surface area contributed by atoms with Crippen LogP contribution >= 0.6 is 0 Å². The van der Waals surface area contributed by atoms with Gasteiger partial charge in [-0.25, -0.2) is 0 Å². The number of anilines is 3. The standard InChI is InChI=1S/C50H34N2/c1-2-12-35(13-3-1)37-24-26-42(27-25-37)51(48-20-10-8-18-45(48)41-23-22-36-14-4-5-15-38(36)32-41)43-28-30-44(31-29-43)52-49-21-11-9-19-46(49)47-33-39-16-6-7-17-40(39)34-50(47)52/h1-34H. The second-order valence-electron chi connectivity index (χ2n) is 13.4. The van der Waals surface area contributed by atoms with Crippen LogP contribution in [0.3, 0.4) is 0 Å². The Balaban J connectivity index is 1.14. The predicted octanol–water partition coefficient (Wildman–Crippen LogP) is 13.9. The van der Waals surface area contributed by atoms with Gasteiger partial charge in [0.1, 0.15) is 0 Å². The van der Waals surface area contributed by atoms with Crippen LogP contribution in [0.15, 0.2) is 206 Å². The van der Waals surface area contributed by atoms with Crippen LogP contribution in [-0.2, 0) is 0 Å². The zero-order valence-electron chi connectivity index (χ0n) is 28.5. The maximum Gasteiger partial charge on any atom is 0.0547 e. The van der Waals surface area contributed by atoms with Gasteiger partial charge in [0.25, 0.3) is 0 Å². The molecule has 10 rings (SSSR count). The van der Waals surface area contributed by atoms with Crippen molar-refractivity contribution in [3.63, 3.8) is 0 Å². The fourth-order valence-corrected chi connectivity index (χ4v) is 7.81. The average Bonchev–Trinajstić information content (AvgIpc) is 3.54. The van der Waals surface area contributed by atoms with E-state index in [0.29, 0.717) is 0 Å². The van der Waals surface area contributed by atoms with Crippen molar-refractivity contribution >= 4 is 60.4 Å². The molecule has 52 heavy (non-hydrogen) atoms. The number of rotatable bonds is 6. The Morgan fingerprint density at radius 2 is 0.885 bits per heavy atom. The van der Waals surface area contributed by atoms with Crippen molar-refractivity contribution in [2.45, 2.75) is 0 Å². The molecule has 2 nitrogen and oxygen atoms in total. The van der Waals surface area contributed by atoms with Gasteiger partial charge in [0.05, 0.1) is 16.7 Å². The highest BCUT2D eigenvalue weighted by molar-refractivity contribution is 6.13. The molecule has 0 amide bonds. The van der Waals surface area contributed by atoms with Crippen LogP contribution in [0, 0.1) is 0 Å². The summed E-state index contributed by atoms with van der Waals surface area (Å²) in [4.78, 5) is 2.39. The summed E-state index contributed by atoms with van der Waals surface area (Å²) in [6.07, 6.45) is 0. The highest BCUT2D eigenvalue weighted by Gasteiger charge is 2.19. The molecular weight excluding hydrogens is 629 g/mol. The number of para-hydroxylation sites is 2. The number of nitrogens with zero attached hydrogens (tertiary/aromatic N) is 2. The normalized spacial score (nSPS) is 11.5. The van der Waals surface area contributed by atoms with Crippen molar-refractivity contribution in [2.75, 3.05) is 4.90 Å². The van der Waals surface area contributed by atoms with E-state index < -0.39 is 0 Å². The zero-order chi connectivity index (χ0) is 34.4. The molecule has 0 aliphatic heterocycles.